The Hall–Kier alpha value is -1.71. The molecule has 1 unspecified atom stereocenters. The Morgan fingerprint density at radius 3 is 2.70 bits per heavy atom. The predicted molar refractivity (Wildman–Crippen MR) is 77.5 cm³/mol. The van der Waals surface area contributed by atoms with Crippen molar-refractivity contribution in [2.45, 2.75) is 12.3 Å². The summed E-state index contributed by atoms with van der Waals surface area (Å²) in [5.74, 6) is 1.51. The SMILES string of the molecule is OCC(Cc1ccc2c(c1)OCO2)c1ccccc1Cl. The van der Waals surface area contributed by atoms with E-state index in [1.807, 2.05) is 42.5 Å². The number of aliphatic hydroxyl groups excluding tert-OH is 1. The van der Waals surface area contributed by atoms with Crippen LogP contribution in [0, 0.1) is 0 Å². The lowest BCUT2D eigenvalue weighted by Crippen LogP contribution is -2.08. The van der Waals surface area contributed by atoms with Crippen LogP contribution in [0.2, 0.25) is 5.02 Å². The molecular weight excluding hydrogens is 276 g/mol. The summed E-state index contributed by atoms with van der Waals surface area (Å²) in [6.07, 6.45) is 0.705. The maximum atomic E-state index is 9.64. The molecule has 0 aromatic heterocycles. The molecule has 0 aliphatic carbocycles. The molecule has 2 aromatic carbocycles. The van der Waals surface area contributed by atoms with Crippen LogP contribution in [0.5, 0.6) is 11.5 Å². The molecule has 1 heterocycles. The van der Waals surface area contributed by atoms with Gasteiger partial charge in [-0.2, -0.15) is 0 Å². The van der Waals surface area contributed by atoms with Crippen LogP contribution in [0.3, 0.4) is 0 Å². The van der Waals surface area contributed by atoms with Crippen LogP contribution in [0.25, 0.3) is 0 Å². The summed E-state index contributed by atoms with van der Waals surface area (Å²) in [7, 11) is 0. The first-order valence-electron chi connectivity index (χ1n) is 6.51. The van der Waals surface area contributed by atoms with Crippen LogP contribution in [0.1, 0.15) is 17.0 Å². The Labute approximate surface area is 122 Å². The molecule has 1 atom stereocenters. The van der Waals surface area contributed by atoms with Gasteiger partial charge in [-0.15, -0.1) is 0 Å². The maximum Gasteiger partial charge on any atom is 0.231 e. The highest BCUT2D eigenvalue weighted by Crippen LogP contribution is 2.34. The molecule has 1 aliphatic heterocycles. The van der Waals surface area contributed by atoms with Crippen molar-refractivity contribution in [3.05, 3.63) is 58.6 Å². The first-order chi connectivity index (χ1) is 9.78. The highest BCUT2D eigenvalue weighted by molar-refractivity contribution is 6.31. The smallest absolute Gasteiger partial charge is 0.231 e. The Kier molecular flexibility index (Phi) is 3.81. The van der Waals surface area contributed by atoms with E-state index < -0.39 is 0 Å². The monoisotopic (exact) mass is 290 g/mol. The third kappa shape index (κ3) is 2.60. The number of aliphatic hydroxyl groups is 1. The van der Waals surface area contributed by atoms with Gasteiger partial charge in [-0.1, -0.05) is 35.9 Å². The highest BCUT2D eigenvalue weighted by Gasteiger charge is 2.17. The van der Waals surface area contributed by atoms with Gasteiger partial charge in [0.15, 0.2) is 11.5 Å². The van der Waals surface area contributed by atoms with Crippen LogP contribution in [0.4, 0.5) is 0 Å². The maximum absolute atomic E-state index is 9.64. The first-order valence-corrected chi connectivity index (χ1v) is 6.89. The molecule has 3 rings (SSSR count). The van der Waals surface area contributed by atoms with E-state index in [0.29, 0.717) is 11.4 Å². The molecule has 1 N–H and O–H groups in total. The number of ether oxygens (including phenoxy) is 2. The molecule has 0 radical (unpaired) electrons. The standard InChI is InChI=1S/C16H15ClO3/c17-14-4-2-1-3-13(14)12(9-18)7-11-5-6-15-16(8-11)20-10-19-15/h1-6,8,12,18H,7,9-10H2. The topological polar surface area (TPSA) is 38.7 Å². The van der Waals surface area contributed by atoms with Crippen LogP contribution in [-0.2, 0) is 6.42 Å². The fraction of sp³-hybridized carbons (Fsp3) is 0.250. The largest absolute Gasteiger partial charge is 0.454 e. The van der Waals surface area contributed by atoms with Crippen molar-refractivity contribution in [3.8, 4) is 11.5 Å². The van der Waals surface area contributed by atoms with Gasteiger partial charge >= 0.3 is 0 Å². The summed E-state index contributed by atoms with van der Waals surface area (Å²) in [6, 6.07) is 13.5. The summed E-state index contributed by atoms with van der Waals surface area (Å²) in [5.41, 5.74) is 2.06. The molecule has 20 heavy (non-hydrogen) atoms. The normalized spacial score (nSPS) is 14.3. The molecule has 1 aliphatic rings. The van der Waals surface area contributed by atoms with Crippen molar-refractivity contribution in [3.63, 3.8) is 0 Å². The van der Waals surface area contributed by atoms with E-state index in [-0.39, 0.29) is 19.3 Å². The Balaban J connectivity index is 1.83. The number of benzene rings is 2. The number of halogens is 1. The number of rotatable bonds is 4. The van der Waals surface area contributed by atoms with Crippen LogP contribution < -0.4 is 9.47 Å². The molecule has 0 bridgehead atoms. The fourth-order valence-corrected chi connectivity index (χ4v) is 2.72. The zero-order valence-electron chi connectivity index (χ0n) is 10.9. The van der Waals surface area contributed by atoms with Crippen molar-refractivity contribution in [2.24, 2.45) is 0 Å². The van der Waals surface area contributed by atoms with E-state index in [2.05, 4.69) is 0 Å². The fourth-order valence-electron chi connectivity index (χ4n) is 2.43. The van der Waals surface area contributed by atoms with E-state index in [0.717, 1.165) is 22.6 Å². The number of hydrogen-bond acceptors (Lipinski definition) is 3. The average molecular weight is 291 g/mol. The number of fused-ring (bicyclic) bond motifs is 1. The van der Waals surface area contributed by atoms with Gasteiger partial charge in [-0.05, 0) is 35.7 Å². The third-order valence-electron chi connectivity index (χ3n) is 3.48. The molecule has 0 saturated heterocycles. The average Bonchev–Trinajstić information content (AvgIpc) is 2.93. The lowest BCUT2D eigenvalue weighted by atomic mass is 9.92. The van der Waals surface area contributed by atoms with Crippen molar-refractivity contribution in [1.82, 2.24) is 0 Å². The summed E-state index contributed by atoms with van der Waals surface area (Å²) in [5, 5.41) is 10.3. The van der Waals surface area contributed by atoms with E-state index in [1.165, 1.54) is 0 Å². The molecule has 2 aromatic rings. The first kappa shape index (κ1) is 13.3. The molecule has 104 valence electrons. The van der Waals surface area contributed by atoms with Gasteiger partial charge in [-0.3, -0.25) is 0 Å². The van der Waals surface area contributed by atoms with Crippen molar-refractivity contribution in [1.29, 1.82) is 0 Å². The van der Waals surface area contributed by atoms with Gasteiger partial charge in [0.05, 0.1) is 6.61 Å². The van der Waals surface area contributed by atoms with E-state index in [4.69, 9.17) is 21.1 Å². The van der Waals surface area contributed by atoms with Crippen molar-refractivity contribution in [2.75, 3.05) is 13.4 Å². The Bertz CT molecular complexity index is 612. The second kappa shape index (κ2) is 5.73. The van der Waals surface area contributed by atoms with Crippen LogP contribution >= 0.6 is 11.6 Å². The van der Waals surface area contributed by atoms with E-state index >= 15 is 0 Å². The molecule has 4 heteroatoms. The second-order valence-electron chi connectivity index (χ2n) is 4.79. The lowest BCUT2D eigenvalue weighted by molar-refractivity contribution is 0.174. The van der Waals surface area contributed by atoms with Gasteiger partial charge < -0.3 is 14.6 Å². The highest BCUT2D eigenvalue weighted by atomic mass is 35.5. The summed E-state index contributed by atoms with van der Waals surface area (Å²) >= 11 is 6.20. The molecular formula is C16H15ClO3. The Morgan fingerprint density at radius 2 is 1.90 bits per heavy atom. The summed E-state index contributed by atoms with van der Waals surface area (Å²) in [6.45, 7) is 0.324. The van der Waals surface area contributed by atoms with Gasteiger partial charge in [-0.25, -0.2) is 0 Å². The quantitative estimate of drug-likeness (QED) is 0.938. The molecule has 3 nitrogen and oxygen atoms in total. The third-order valence-corrected chi connectivity index (χ3v) is 3.83. The van der Waals surface area contributed by atoms with Crippen molar-refractivity contribution < 1.29 is 14.6 Å². The molecule has 0 spiro atoms. The molecule has 0 saturated carbocycles. The summed E-state index contributed by atoms with van der Waals surface area (Å²) in [4.78, 5) is 0. The minimum absolute atomic E-state index is 0.0240. The molecule has 0 fully saturated rings. The van der Waals surface area contributed by atoms with Gasteiger partial charge in [0, 0.05) is 10.9 Å². The van der Waals surface area contributed by atoms with E-state index in [9.17, 15) is 5.11 Å². The van der Waals surface area contributed by atoms with Crippen LogP contribution in [0.15, 0.2) is 42.5 Å². The van der Waals surface area contributed by atoms with Crippen LogP contribution in [-0.4, -0.2) is 18.5 Å². The minimum Gasteiger partial charge on any atom is -0.454 e. The lowest BCUT2D eigenvalue weighted by Gasteiger charge is -2.16. The minimum atomic E-state index is -0.0240. The van der Waals surface area contributed by atoms with Gasteiger partial charge in [0.25, 0.3) is 0 Å². The van der Waals surface area contributed by atoms with Crippen molar-refractivity contribution >= 4 is 11.6 Å². The predicted octanol–water partition coefficient (Wildman–Crippen LogP) is 3.39. The summed E-state index contributed by atoms with van der Waals surface area (Å²) < 4.78 is 10.7. The zero-order chi connectivity index (χ0) is 13.9. The van der Waals surface area contributed by atoms with Gasteiger partial charge in [0.1, 0.15) is 0 Å². The second-order valence-corrected chi connectivity index (χ2v) is 5.20. The molecule has 0 amide bonds. The Morgan fingerprint density at radius 1 is 1.10 bits per heavy atom. The van der Waals surface area contributed by atoms with E-state index in [1.54, 1.807) is 0 Å². The van der Waals surface area contributed by atoms with Gasteiger partial charge in [0.2, 0.25) is 6.79 Å². The number of hydrogen-bond donors (Lipinski definition) is 1. The zero-order valence-corrected chi connectivity index (χ0v) is 11.6.